The Labute approximate surface area is 151 Å². The molecule has 2 aliphatic heterocycles. The first-order valence-electron chi connectivity index (χ1n) is 9.33. The Balaban J connectivity index is 0.00000169. The highest BCUT2D eigenvalue weighted by molar-refractivity contribution is 6.10. The Hall–Kier alpha value is -1.06. The van der Waals surface area contributed by atoms with E-state index in [0.29, 0.717) is 5.41 Å². The molecule has 1 saturated carbocycles. The number of aliphatic imine (C=N–C) groups is 1. The Morgan fingerprint density at radius 3 is 2.67 bits per heavy atom. The number of rotatable bonds is 3. The van der Waals surface area contributed by atoms with E-state index in [9.17, 15) is 5.11 Å². The average molecular weight is 349 g/mol. The van der Waals surface area contributed by atoms with Crippen LogP contribution in [0.4, 0.5) is 5.69 Å². The van der Waals surface area contributed by atoms with Crippen LogP contribution in [0.15, 0.2) is 29.3 Å². The van der Waals surface area contributed by atoms with Crippen LogP contribution in [0.5, 0.6) is 0 Å². The lowest BCUT2D eigenvalue weighted by Crippen LogP contribution is -2.51. The summed E-state index contributed by atoms with van der Waals surface area (Å²) in [6.07, 6.45) is 9.52. The molecule has 1 aliphatic carbocycles. The second-order valence-electron chi connectivity index (χ2n) is 7.77. The lowest BCUT2D eigenvalue weighted by atomic mass is 9.73. The van der Waals surface area contributed by atoms with Crippen molar-refractivity contribution < 1.29 is 5.11 Å². The first kappa shape index (κ1) is 17.8. The summed E-state index contributed by atoms with van der Waals surface area (Å²) in [7, 11) is 0. The van der Waals surface area contributed by atoms with Crippen molar-refractivity contribution in [3.63, 3.8) is 0 Å². The Kier molecular flexibility index (Phi) is 4.94. The number of unbranched alkanes of at least 4 members (excludes halogenated alkanes) is 1. The summed E-state index contributed by atoms with van der Waals surface area (Å²) in [6, 6.07) is 8.39. The maximum Gasteiger partial charge on any atom is 0.149 e. The molecule has 4 heteroatoms. The topological polar surface area (TPSA) is 35.8 Å². The van der Waals surface area contributed by atoms with Crippen LogP contribution < -0.4 is 4.90 Å². The lowest BCUT2D eigenvalue weighted by molar-refractivity contribution is 0.0982. The molecule has 0 radical (unpaired) electrons. The van der Waals surface area contributed by atoms with E-state index < -0.39 is 5.60 Å². The van der Waals surface area contributed by atoms with Crippen LogP contribution >= 0.6 is 12.4 Å². The van der Waals surface area contributed by atoms with Crippen LogP contribution in [0.2, 0.25) is 0 Å². The molecule has 24 heavy (non-hydrogen) atoms. The normalized spacial score (nSPS) is 27.2. The summed E-state index contributed by atoms with van der Waals surface area (Å²) >= 11 is 0. The third-order valence-corrected chi connectivity index (χ3v) is 6.13. The number of hydrogen-bond donors (Lipinski definition) is 1. The molecule has 1 unspecified atom stereocenters. The summed E-state index contributed by atoms with van der Waals surface area (Å²) < 4.78 is 0. The fraction of sp³-hybridized carbons (Fsp3) is 0.650. The molecule has 1 aromatic rings. The maximum atomic E-state index is 11.5. The monoisotopic (exact) mass is 348 g/mol. The fourth-order valence-electron chi connectivity index (χ4n) is 4.82. The standard InChI is InChI=1S/C20H28N2O.ClH/c1-2-3-13-20(23)16-9-5-6-10-17(16)22-15-19(14-21-18(20)22)11-7-4-8-12-19;/h5-6,9-10,23H,2-4,7-8,11-15H2,1H3;1H. The Bertz CT molecular complexity index is 624. The smallest absolute Gasteiger partial charge is 0.149 e. The number of para-hydroxylation sites is 1. The van der Waals surface area contributed by atoms with Crippen molar-refractivity contribution >= 4 is 23.9 Å². The SMILES string of the molecule is CCCCC1(O)C2=NCC3(CCCCC3)CN2c2ccccc21.Cl. The van der Waals surface area contributed by atoms with Crippen LogP contribution in [0, 0.1) is 5.41 Å². The molecule has 1 fully saturated rings. The molecule has 0 saturated heterocycles. The number of anilines is 1. The van der Waals surface area contributed by atoms with E-state index in [-0.39, 0.29) is 12.4 Å². The maximum absolute atomic E-state index is 11.5. The van der Waals surface area contributed by atoms with E-state index in [4.69, 9.17) is 4.99 Å². The first-order valence-corrected chi connectivity index (χ1v) is 9.33. The predicted octanol–water partition coefficient (Wildman–Crippen LogP) is 4.67. The minimum absolute atomic E-state index is 0. The molecule has 132 valence electrons. The van der Waals surface area contributed by atoms with Gasteiger partial charge >= 0.3 is 0 Å². The molecule has 1 atom stereocenters. The molecular weight excluding hydrogens is 320 g/mol. The lowest BCUT2D eigenvalue weighted by Gasteiger charge is -2.44. The summed E-state index contributed by atoms with van der Waals surface area (Å²) in [5, 5.41) is 11.5. The molecule has 4 rings (SSSR count). The van der Waals surface area contributed by atoms with Crippen LogP contribution in [0.25, 0.3) is 0 Å². The number of halogens is 1. The van der Waals surface area contributed by atoms with E-state index in [1.165, 1.54) is 37.8 Å². The van der Waals surface area contributed by atoms with E-state index in [1.54, 1.807) is 0 Å². The van der Waals surface area contributed by atoms with Crippen molar-refractivity contribution in [2.24, 2.45) is 10.4 Å². The van der Waals surface area contributed by atoms with E-state index in [1.807, 2.05) is 6.07 Å². The molecule has 0 aromatic heterocycles. The minimum Gasteiger partial charge on any atom is -0.377 e. The highest BCUT2D eigenvalue weighted by Gasteiger charge is 2.51. The zero-order valence-corrected chi connectivity index (χ0v) is 15.4. The molecular formula is C20H29ClN2O. The molecule has 0 amide bonds. The Morgan fingerprint density at radius 2 is 1.92 bits per heavy atom. The second-order valence-corrected chi connectivity index (χ2v) is 7.77. The number of aliphatic hydroxyl groups is 1. The van der Waals surface area contributed by atoms with Gasteiger partial charge in [0.2, 0.25) is 0 Å². The van der Waals surface area contributed by atoms with Gasteiger partial charge in [0.15, 0.2) is 0 Å². The fourth-order valence-corrected chi connectivity index (χ4v) is 4.82. The number of nitrogens with zero attached hydrogens (tertiary/aromatic N) is 2. The zero-order chi connectivity index (χ0) is 15.9. The number of benzene rings is 1. The van der Waals surface area contributed by atoms with Crippen LogP contribution in [0.3, 0.4) is 0 Å². The van der Waals surface area contributed by atoms with Crippen molar-refractivity contribution in [3.8, 4) is 0 Å². The van der Waals surface area contributed by atoms with Gasteiger partial charge in [-0.3, -0.25) is 4.99 Å². The second kappa shape index (κ2) is 6.68. The predicted molar refractivity (Wildman–Crippen MR) is 102 cm³/mol. The third kappa shape index (κ3) is 2.66. The third-order valence-electron chi connectivity index (χ3n) is 6.13. The summed E-state index contributed by atoms with van der Waals surface area (Å²) in [6.45, 7) is 4.13. The number of fused-ring (bicyclic) bond motifs is 3. The quantitative estimate of drug-likeness (QED) is 0.861. The summed E-state index contributed by atoms with van der Waals surface area (Å²) in [5.41, 5.74) is 1.72. The zero-order valence-electron chi connectivity index (χ0n) is 14.6. The van der Waals surface area contributed by atoms with Gasteiger partial charge in [0.05, 0.1) is 0 Å². The van der Waals surface area contributed by atoms with Crippen LogP contribution in [-0.2, 0) is 5.60 Å². The van der Waals surface area contributed by atoms with E-state index >= 15 is 0 Å². The molecule has 1 N–H and O–H groups in total. The minimum atomic E-state index is -0.872. The van der Waals surface area contributed by atoms with Crippen molar-refractivity contribution in [3.05, 3.63) is 29.8 Å². The van der Waals surface area contributed by atoms with Crippen LogP contribution in [0.1, 0.15) is 63.9 Å². The molecule has 3 aliphatic rings. The highest BCUT2D eigenvalue weighted by Crippen LogP contribution is 2.49. The van der Waals surface area contributed by atoms with Gasteiger partial charge in [-0.25, -0.2) is 0 Å². The molecule has 3 nitrogen and oxygen atoms in total. The average Bonchev–Trinajstić information content (AvgIpc) is 2.83. The van der Waals surface area contributed by atoms with Gasteiger partial charge < -0.3 is 10.0 Å². The molecule has 1 spiro atoms. The van der Waals surface area contributed by atoms with Crippen molar-refractivity contribution in [2.45, 2.75) is 63.9 Å². The Morgan fingerprint density at radius 1 is 1.17 bits per heavy atom. The molecule has 2 heterocycles. The van der Waals surface area contributed by atoms with Gasteiger partial charge in [0.25, 0.3) is 0 Å². The van der Waals surface area contributed by atoms with Crippen molar-refractivity contribution in [2.75, 3.05) is 18.0 Å². The first-order chi connectivity index (χ1) is 11.2. The van der Waals surface area contributed by atoms with Gasteiger partial charge in [-0.2, -0.15) is 0 Å². The molecule has 0 bridgehead atoms. The number of hydrogen-bond acceptors (Lipinski definition) is 3. The van der Waals surface area contributed by atoms with Gasteiger partial charge in [-0.05, 0) is 25.3 Å². The van der Waals surface area contributed by atoms with Crippen molar-refractivity contribution in [1.29, 1.82) is 0 Å². The summed E-state index contributed by atoms with van der Waals surface area (Å²) in [4.78, 5) is 7.33. The highest BCUT2D eigenvalue weighted by atomic mass is 35.5. The van der Waals surface area contributed by atoms with Crippen molar-refractivity contribution in [1.82, 2.24) is 0 Å². The largest absolute Gasteiger partial charge is 0.377 e. The summed E-state index contributed by atoms with van der Waals surface area (Å²) in [5.74, 6) is 0.920. The number of amidine groups is 1. The van der Waals surface area contributed by atoms with E-state index in [2.05, 4.69) is 30.0 Å². The van der Waals surface area contributed by atoms with Gasteiger partial charge in [-0.1, -0.05) is 57.2 Å². The molecule has 1 aromatic carbocycles. The van der Waals surface area contributed by atoms with Gasteiger partial charge in [0.1, 0.15) is 11.4 Å². The van der Waals surface area contributed by atoms with Crippen LogP contribution in [-0.4, -0.2) is 24.0 Å². The van der Waals surface area contributed by atoms with Gasteiger partial charge in [-0.15, -0.1) is 12.4 Å². The van der Waals surface area contributed by atoms with Gasteiger partial charge in [0, 0.05) is 29.8 Å². The van der Waals surface area contributed by atoms with E-state index in [0.717, 1.165) is 43.8 Å².